The molecule has 1 aliphatic heterocycles. The fourth-order valence-corrected chi connectivity index (χ4v) is 2.33. The molecule has 0 spiro atoms. The summed E-state index contributed by atoms with van der Waals surface area (Å²) >= 11 is 0. The number of nitrogens with zero attached hydrogens (tertiary/aromatic N) is 1. The molecular weight excluding hydrogens is 224 g/mol. The maximum Gasteiger partial charge on any atom is 0.224 e. The summed E-state index contributed by atoms with van der Waals surface area (Å²) in [5.41, 5.74) is 0. The van der Waals surface area contributed by atoms with E-state index in [0.29, 0.717) is 24.3 Å². The number of carbonyl (C=O) groups excluding carboxylic acids is 1. The second-order valence-electron chi connectivity index (χ2n) is 4.87. The number of hydrogen-bond donors (Lipinski definition) is 1. The predicted molar refractivity (Wildman–Crippen MR) is 70.0 cm³/mol. The van der Waals surface area contributed by atoms with E-state index in [1.807, 2.05) is 7.05 Å². The monoisotopic (exact) mass is 248 g/mol. The molecule has 4 heteroatoms. The van der Waals surface area contributed by atoms with Gasteiger partial charge in [-0.15, -0.1) is 12.4 Å². The Morgan fingerprint density at radius 3 is 2.75 bits per heavy atom. The minimum atomic E-state index is 0. The molecule has 1 amide bonds. The van der Waals surface area contributed by atoms with Crippen molar-refractivity contribution in [2.45, 2.75) is 45.6 Å². The zero-order valence-electron chi connectivity index (χ0n) is 10.7. The first-order valence-corrected chi connectivity index (χ1v) is 6.09. The maximum absolute atomic E-state index is 11.9. The molecule has 1 heterocycles. The summed E-state index contributed by atoms with van der Waals surface area (Å²) in [5, 5.41) is 3.03. The van der Waals surface area contributed by atoms with Crippen LogP contribution in [0, 0.1) is 5.92 Å². The van der Waals surface area contributed by atoms with Crippen molar-refractivity contribution >= 4 is 18.3 Å². The first kappa shape index (κ1) is 15.7. The topological polar surface area (TPSA) is 32.3 Å². The third kappa shape index (κ3) is 4.71. The summed E-state index contributed by atoms with van der Waals surface area (Å²) in [6.07, 6.45) is 4.18. The second-order valence-corrected chi connectivity index (χ2v) is 4.87. The summed E-state index contributed by atoms with van der Waals surface area (Å²) in [7, 11) is 1.89. The molecule has 1 N–H and O–H groups in total. The van der Waals surface area contributed by atoms with Gasteiger partial charge in [-0.2, -0.15) is 0 Å². The Morgan fingerprint density at radius 1 is 1.50 bits per heavy atom. The van der Waals surface area contributed by atoms with Crippen LogP contribution >= 0.6 is 12.4 Å². The van der Waals surface area contributed by atoms with Gasteiger partial charge in [0.15, 0.2) is 0 Å². The van der Waals surface area contributed by atoms with Crippen LogP contribution in [0.3, 0.4) is 0 Å². The summed E-state index contributed by atoms with van der Waals surface area (Å²) in [6.45, 7) is 6.23. The van der Waals surface area contributed by atoms with E-state index < -0.39 is 0 Å². The number of rotatable bonds is 5. The van der Waals surface area contributed by atoms with Gasteiger partial charge in [-0.25, -0.2) is 0 Å². The molecule has 0 aromatic heterocycles. The molecule has 16 heavy (non-hydrogen) atoms. The molecule has 1 unspecified atom stereocenters. The van der Waals surface area contributed by atoms with Gasteiger partial charge in [0, 0.05) is 25.6 Å². The molecule has 1 saturated heterocycles. The third-order valence-electron chi connectivity index (χ3n) is 3.03. The van der Waals surface area contributed by atoms with Crippen LogP contribution < -0.4 is 5.32 Å². The van der Waals surface area contributed by atoms with Crippen LogP contribution in [0.2, 0.25) is 0 Å². The van der Waals surface area contributed by atoms with Gasteiger partial charge in [0.05, 0.1) is 0 Å². The number of halogens is 1. The normalized spacial score (nSPS) is 20.0. The molecule has 1 rings (SSSR count). The molecule has 1 atom stereocenters. The van der Waals surface area contributed by atoms with Crippen molar-refractivity contribution in [3.05, 3.63) is 0 Å². The second kappa shape index (κ2) is 7.91. The van der Waals surface area contributed by atoms with E-state index in [2.05, 4.69) is 24.1 Å². The Hall–Kier alpha value is -0.280. The highest BCUT2D eigenvalue weighted by molar-refractivity contribution is 5.85. The van der Waals surface area contributed by atoms with Gasteiger partial charge in [0.25, 0.3) is 0 Å². The van der Waals surface area contributed by atoms with E-state index in [-0.39, 0.29) is 12.4 Å². The smallest absolute Gasteiger partial charge is 0.224 e. The number of amides is 1. The largest absolute Gasteiger partial charge is 0.340 e. The molecule has 0 aromatic carbocycles. The Morgan fingerprint density at radius 2 is 2.19 bits per heavy atom. The molecular formula is C12H25ClN2O. The van der Waals surface area contributed by atoms with Crippen LogP contribution in [0.25, 0.3) is 0 Å². The molecule has 0 aromatic rings. The zero-order valence-corrected chi connectivity index (χ0v) is 11.5. The van der Waals surface area contributed by atoms with Crippen molar-refractivity contribution in [3.63, 3.8) is 0 Å². The summed E-state index contributed by atoms with van der Waals surface area (Å²) in [6, 6.07) is 0.509. The minimum Gasteiger partial charge on any atom is -0.340 e. The first-order chi connectivity index (χ1) is 7.15. The Bertz CT molecular complexity index is 209. The van der Waals surface area contributed by atoms with E-state index >= 15 is 0 Å². The van der Waals surface area contributed by atoms with Crippen LogP contribution in [0.1, 0.15) is 39.5 Å². The number of hydrogen-bond acceptors (Lipinski definition) is 2. The van der Waals surface area contributed by atoms with E-state index in [1.165, 1.54) is 12.8 Å². The average Bonchev–Trinajstić information content (AvgIpc) is 2.61. The molecule has 96 valence electrons. The van der Waals surface area contributed by atoms with Gasteiger partial charge in [0.2, 0.25) is 5.91 Å². The highest BCUT2D eigenvalue weighted by atomic mass is 35.5. The lowest BCUT2D eigenvalue weighted by Crippen LogP contribution is -2.37. The fourth-order valence-electron chi connectivity index (χ4n) is 2.33. The van der Waals surface area contributed by atoms with E-state index in [9.17, 15) is 4.79 Å². The van der Waals surface area contributed by atoms with Crippen molar-refractivity contribution in [2.75, 3.05) is 20.1 Å². The lowest BCUT2D eigenvalue weighted by Gasteiger charge is -2.26. The van der Waals surface area contributed by atoms with Crippen LogP contribution in [0.4, 0.5) is 0 Å². The minimum absolute atomic E-state index is 0. The Labute approximate surface area is 105 Å². The molecule has 1 aliphatic rings. The molecule has 0 radical (unpaired) electrons. The molecule has 3 nitrogen and oxygen atoms in total. The SMILES string of the molecule is CNCCC(=O)N1CCCC1CC(C)C.Cl. The number of carbonyl (C=O) groups is 1. The average molecular weight is 249 g/mol. The lowest BCUT2D eigenvalue weighted by atomic mass is 10.0. The third-order valence-corrected chi connectivity index (χ3v) is 3.03. The van der Waals surface area contributed by atoms with Crippen LogP contribution in [-0.4, -0.2) is 37.0 Å². The molecule has 0 aliphatic carbocycles. The van der Waals surface area contributed by atoms with E-state index in [0.717, 1.165) is 19.5 Å². The standard InChI is InChI=1S/C12H24N2O.ClH/c1-10(2)9-11-5-4-8-14(11)12(15)6-7-13-3;/h10-11,13H,4-9H2,1-3H3;1H. The van der Waals surface area contributed by atoms with Gasteiger partial charge in [-0.1, -0.05) is 13.8 Å². The van der Waals surface area contributed by atoms with Crippen molar-refractivity contribution < 1.29 is 4.79 Å². The first-order valence-electron chi connectivity index (χ1n) is 6.09. The van der Waals surface area contributed by atoms with Crippen LogP contribution in [0.15, 0.2) is 0 Å². The summed E-state index contributed by atoms with van der Waals surface area (Å²) in [4.78, 5) is 14.0. The maximum atomic E-state index is 11.9. The fraction of sp³-hybridized carbons (Fsp3) is 0.917. The van der Waals surface area contributed by atoms with Gasteiger partial charge >= 0.3 is 0 Å². The highest BCUT2D eigenvalue weighted by Gasteiger charge is 2.28. The predicted octanol–water partition coefficient (Wildman–Crippen LogP) is 2.05. The van der Waals surface area contributed by atoms with Gasteiger partial charge in [0.1, 0.15) is 0 Å². The van der Waals surface area contributed by atoms with Crippen LogP contribution in [-0.2, 0) is 4.79 Å². The quantitative estimate of drug-likeness (QED) is 0.808. The van der Waals surface area contributed by atoms with Crippen molar-refractivity contribution in [1.82, 2.24) is 10.2 Å². The number of likely N-dealkylation sites (tertiary alicyclic amines) is 1. The van der Waals surface area contributed by atoms with Gasteiger partial charge in [-0.05, 0) is 32.2 Å². The van der Waals surface area contributed by atoms with Crippen LogP contribution in [0.5, 0.6) is 0 Å². The van der Waals surface area contributed by atoms with Gasteiger partial charge < -0.3 is 10.2 Å². The highest BCUT2D eigenvalue weighted by Crippen LogP contribution is 2.23. The van der Waals surface area contributed by atoms with E-state index in [1.54, 1.807) is 0 Å². The summed E-state index contributed by atoms with van der Waals surface area (Å²) < 4.78 is 0. The van der Waals surface area contributed by atoms with E-state index in [4.69, 9.17) is 0 Å². The van der Waals surface area contributed by atoms with Crippen molar-refractivity contribution in [1.29, 1.82) is 0 Å². The molecule has 1 fully saturated rings. The lowest BCUT2D eigenvalue weighted by molar-refractivity contribution is -0.132. The molecule has 0 bridgehead atoms. The Balaban J connectivity index is 0.00000225. The molecule has 0 saturated carbocycles. The summed E-state index contributed by atoms with van der Waals surface area (Å²) in [5.74, 6) is 1.01. The van der Waals surface area contributed by atoms with Crippen molar-refractivity contribution in [2.24, 2.45) is 5.92 Å². The zero-order chi connectivity index (χ0) is 11.3. The van der Waals surface area contributed by atoms with Gasteiger partial charge in [-0.3, -0.25) is 4.79 Å². The van der Waals surface area contributed by atoms with Crippen molar-refractivity contribution in [3.8, 4) is 0 Å². The Kier molecular flexibility index (Phi) is 7.77. The number of nitrogens with one attached hydrogen (secondary N) is 1.